The molecule has 0 aromatic heterocycles. The second kappa shape index (κ2) is 13.0. The van der Waals surface area contributed by atoms with Gasteiger partial charge in [0.2, 0.25) is 5.96 Å². The van der Waals surface area contributed by atoms with E-state index in [0.29, 0.717) is 39.1 Å². The summed E-state index contributed by atoms with van der Waals surface area (Å²) in [5, 5.41) is 5.74. The first-order chi connectivity index (χ1) is 17.6. The van der Waals surface area contributed by atoms with Gasteiger partial charge in [0.25, 0.3) is 5.91 Å². The minimum Gasteiger partial charge on any atom is -0.450 e. The fourth-order valence-electron chi connectivity index (χ4n) is 4.25. The van der Waals surface area contributed by atoms with Gasteiger partial charge in [-0.25, -0.2) is 9.79 Å². The van der Waals surface area contributed by atoms with Crippen molar-refractivity contribution in [1.82, 2.24) is 20.4 Å². The van der Waals surface area contributed by atoms with E-state index >= 15 is 0 Å². The number of nitrogens with two attached hydrogens (primary N) is 1. The summed E-state index contributed by atoms with van der Waals surface area (Å²) in [6.45, 7) is 12.4. The first-order valence-electron chi connectivity index (χ1n) is 13.0. The van der Waals surface area contributed by atoms with Crippen molar-refractivity contribution in [2.75, 3.05) is 46.0 Å². The molecular weight excluding hydrogens is 472 g/mol. The van der Waals surface area contributed by atoms with Crippen LogP contribution in [0.2, 0.25) is 0 Å². The van der Waals surface area contributed by atoms with E-state index in [1.165, 1.54) is 5.56 Å². The van der Waals surface area contributed by atoms with Crippen molar-refractivity contribution in [3.8, 4) is 0 Å². The molecule has 0 spiro atoms. The largest absolute Gasteiger partial charge is 0.450 e. The zero-order valence-corrected chi connectivity index (χ0v) is 22.6. The molecule has 1 aromatic carbocycles. The fourth-order valence-corrected chi connectivity index (χ4v) is 4.25. The summed E-state index contributed by atoms with van der Waals surface area (Å²) in [5.74, 6) is -0.110. The van der Waals surface area contributed by atoms with E-state index < -0.39 is 11.8 Å². The number of nitrogens with zero attached hydrogens (tertiary/aromatic N) is 3. The number of likely N-dealkylation sites (tertiary alicyclic amines) is 1. The number of alkyl carbamates (subject to hydrolysis) is 1. The highest BCUT2D eigenvalue weighted by molar-refractivity contribution is 6.00. The first-order valence-corrected chi connectivity index (χ1v) is 13.0. The fraction of sp³-hybridized carbons (Fsp3) is 0.593. The number of benzene rings is 1. The molecule has 2 amide bonds. The number of morpholine rings is 1. The lowest BCUT2D eigenvalue weighted by Gasteiger charge is -2.39. The van der Waals surface area contributed by atoms with Crippen molar-refractivity contribution >= 4 is 18.0 Å². The molecule has 0 unspecified atom stereocenters. The number of hydrogen-bond acceptors (Lipinski definition) is 7. The van der Waals surface area contributed by atoms with E-state index in [-0.39, 0.29) is 29.6 Å². The molecule has 0 atom stereocenters. The van der Waals surface area contributed by atoms with Gasteiger partial charge in [-0.3, -0.25) is 15.0 Å². The van der Waals surface area contributed by atoms with Crippen LogP contribution in [0.25, 0.3) is 0 Å². The van der Waals surface area contributed by atoms with Crippen LogP contribution in [0.1, 0.15) is 46.1 Å². The highest BCUT2D eigenvalue weighted by atomic mass is 16.5. The zero-order valence-electron chi connectivity index (χ0n) is 22.6. The Bertz CT molecular complexity index is 959. The number of hydrogen-bond donors (Lipinski definition) is 3. The number of guanidine groups is 1. The van der Waals surface area contributed by atoms with Gasteiger partial charge >= 0.3 is 6.09 Å². The number of rotatable bonds is 6. The lowest BCUT2D eigenvalue weighted by atomic mass is 9.94. The molecule has 2 aliphatic heterocycles. The van der Waals surface area contributed by atoms with Gasteiger partial charge in [0.05, 0.1) is 25.5 Å². The molecular formula is C27H42N6O4. The predicted molar refractivity (Wildman–Crippen MR) is 144 cm³/mol. The number of aliphatic imine (C=N–C) groups is 1. The Balaban J connectivity index is 1.75. The van der Waals surface area contributed by atoms with Crippen LogP contribution in [0.15, 0.2) is 47.1 Å². The van der Waals surface area contributed by atoms with E-state index in [2.05, 4.69) is 32.7 Å². The van der Waals surface area contributed by atoms with Crippen LogP contribution in [0.4, 0.5) is 4.79 Å². The van der Waals surface area contributed by atoms with Gasteiger partial charge in [-0.15, -0.1) is 0 Å². The number of ether oxygens (including phenoxy) is 2. The topological polar surface area (TPSA) is 122 Å². The van der Waals surface area contributed by atoms with Crippen molar-refractivity contribution in [3.63, 3.8) is 0 Å². The molecule has 2 saturated heterocycles. The van der Waals surface area contributed by atoms with Crippen molar-refractivity contribution in [1.29, 1.82) is 0 Å². The quantitative estimate of drug-likeness (QED) is 0.231. The van der Waals surface area contributed by atoms with Crippen LogP contribution >= 0.6 is 0 Å². The monoisotopic (exact) mass is 514 g/mol. The molecule has 4 N–H and O–H groups in total. The molecule has 204 valence electrons. The van der Waals surface area contributed by atoms with Gasteiger partial charge in [-0.2, -0.15) is 0 Å². The maximum Gasteiger partial charge on any atom is 0.413 e. The second-order valence-corrected chi connectivity index (χ2v) is 10.6. The van der Waals surface area contributed by atoms with Crippen LogP contribution < -0.4 is 16.4 Å². The SMILES string of the molecule is CCOC(=O)NC(=N/C(=C/C(C)(C)C)C(=O)NC1(N)CCN(Cc2ccccc2)CC1)N1CCOCC1. The Kier molecular flexibility index (Phi) is 10.1. The molecule has 10 nitrogen and oxygen atoms in total. The molecule has 2 fully saturated rings. The van der Waals surface area contributed by atoms with Gasteiger partial charge in [0.1, 0.15) is 5.70 Å². The van der Waals surface area contributed by atoms with Crippen LogP contribution in [0, 0.1) is 5.41 Å². The van der Waals surface area contributed by atoms with Gasteiger partial charge in [0.15, 0.2) is 0 Å². The van der Waals surface area contributed by atoms with Crippen LogP contribution in [0.3, 0.4) is 0 Å². The molecule has 1 aromatic rings. The molecule has 0 radical (unpaired) electrons. The molecule has 37 heavy (non-hydrogen) atoms. The van der Waals surface area contributed by atoms with Gasteiger partial charge in [-0.05, 0) is 36.8 Å². The maximum atomic E-state index is 13.5. The Morgan fingerprint density at radius 2 is 1.78 bits per heavy atom. The Hall–Kier alpha value is -2.95. The van der Waals surface area contributed by atoms with E-state index in [9.17, 15) is 9.59 Å². The summed E-state index contributed by atoms with van der Waals surface area (Å²) in [4.78, 5) is 34.6. The molecule has 2 aliphatic rings. The zero-order chi connectivity index (χ0) is 26.9. The molecule has 0 saturated carbocycles. The molecule has 3 rings (SSSR count). The minimum atomic E-state index is -0.843. The third-order valence-corrected chi connectivity index (χ3v) is 6.19. The second-order valence-electron chi connectivity index (χ2n) is 10.6. The summed E-state index contributed by atoms with van der Waals surface area (Å²) < 4.78 is 10.5. The lowest BCUT2D eigenvalue weighted by Crippen LogP contribution is -2.61. The minimum absolute atomic E-state index is 0.197. The van der Waals surface area contributed by atoms with Gasteiger partial charge in [0, 0.05) is 32.7 Å². The first kappa shape index (κ1) is 28.6. The van der Waals surface area contributed by atoms with Crippen LogP contribution in [-0.2, 0) is 20.8 Å². The Morgan fingerprint density at radius 1 is 1.14 bits per heavy atom. The normalized spacial score (nSPS) is 19.3. The summed E-state index contributed by atoms with van der Waals surface area (Å²) in [6.07, 6.45) is 2.42. The smallest absolute Gasteiger partial charge is 0.413 e. The summed E-state index contributed by atoms with van der Waals surface area (Å²) in [6, 6.07) is 10.3. The average Bonchev–Trinajstić information content (AvgIpc) is 2.85. The summed E-state index contributed by atoms with van der Waals surface area (Å²) in [7, 11) is 0. The Labute approximate surface area is 220 Å². The van der Waals surface area contributed by atoms with E-state index in [1.807, 2.05) is 43.9 Å². The number of amides is 2. The maximum absolute atomic E-state index is 13.5. The number of allylic oxidation sites excluding steroid dienone is 1. The van der Waals surface area contributed by atoms with E-state index in [1.54, 1.807) is 13.0 Å². The van der Waals surface area contributed by atoms with Crippen molar-refractivity contribution in [2.24, 2.45) is 16.1 Å². The van der Waals surface area contributed by atoms with E-state index in [0.717, 1.165) is 19.6 Å². The highest BCUT2D eigenvalue weighted by Gasteiger charge is 2.33. The Morgan fingerprint density at radius 3 is 2.38 bits per heavy atom. The number of nitrogens with one attached hydrogen (secondary N) is 2. The highest BCUT2D eigenvalue weighted by Crippen LogP contribution is 2.22. The summed E-state index contributed by atoms with van der Waals surface area (Å²) >= 11 is 0. The third kappa shape index (κ3) is 9.46. The third-order valence-electron chi connectivity index (χ3n) is 6.19. The molecule has 2 heterocycles. The van der Waals surface area contributed by atoms with Gasteiger partial charge < -0.3 is 25.4 Å². The van der Waals surface area contributed by atoms with Crippen LogP contribution in [0.5, 0.6) is 0 Å². The number of piperidine rings is 1. The van der Waals surface area contributed by atoms with Crippen LogP contribution in [-0.4, -0.2) is 79.4 Å². The standard InChI is InChI=1S/C27H42N6O4/c1-5-37-25(35)30-24(33-15-17-36-18-16-33)29-22(19-26(2,3)4)23(34)31-27(28)11-13-32(14-12-27)20-21-9-7-6-8-10-21/h6-10,19H,5,11-18,20,28H2,1-4H3,(H,31,34)(H,29,30,35)/b22-19+. The number of carbonyl (C=O) groups is 2. The molecule has 0 bridgehead atoms. The number of carbonyl (C=O) groups excluding carboxylic acids is 2. The average molecular weight is 515 g/mol. The lowest BCUT2D eigenvalue weighted by molar-refractivity contribution is -0.120. The van der Waals surface area contributed by atoms with Crippen molar-refractivity contribution in [2.45, 2.75) is 52.7 Å². The summed E-state index contributed by atoms with van der Waals surface area (Å²) in [5.41, 5.74) is 6.93. The van der Waals surface area contributed by atoms with Crippen molar-refractivity contribution < 1.29 is 19.1 Å². The van der Waals surface area contributed by atoms with E-state index in [4.69, 9.17) is 15.2 Å². The van der Waals surface area contributed by atoms with Gasteiger partial charge in [-0.1, -0.05) is 51.1 Å². The predicted octanol–water partition coefficient (Wildman–Crippen LogP) is 2.42. The molecule has 10 heteroatoms. The molecule has 0 aliphatic carbocycles. The van der Waals surface area contributed by atoms with Crippen molar-refractivity contribution in [3.05, 3.63) is 47.7 Å².